The van der Waals surface area contributed by atoms with Gasteiger partial charge in [-0.1, -0.05) is 32.0 Å². The van der Waals surface area contributed by atoms with Gasteiger partial charge in [0.05, 0.1) is 12.2 Å². The molecule has 1 aromatic carbocycles. The number of benzene rings is 1. The molecule has 2 aromatic heterocycles. The lowest BCUT2D eigenvalue weighted by Gasteiger charge is -2.25. The predicted octanol–water partition coefficient (Wildman–Crippen LogP) is 3.47. The van der Waals surface area contributed by atoms with E-state index in [1.807, 2.05) is 48.3 Å². The van der Waals surface area contributed by atoms with Gasteiger partial charge in [-0.3, -0.25) is 9.48 Å². The molecule has 0 bridgehead atoms. The van der Waals surface area contributed by atoms with Crippen LogP contribution in [0.3, 0.4) is 0 Å². The molecule has 0 atom stereocenters. The van der Waals surface area contributed by atoms with E-state index in [4.69, 9.17) is 4.42 Å². The number of aromatic nitrogens is 3. The zero-order valence-corrected chi connectivity index (χ0v) is 16.0. The number of nitrogens with zero attached hydrogens (tertiary/aromatic N) is 4. The average Bonchev–Trinajstić information content (AvgIpc) is 3.24. The van der Waals surface area contributed by atoms with Crippen LogP contribution < -0.4 is 0 Å². The number of aryl methyl sites for hydroxylation is 1. The Morgan fingerprint density at radius 1 is 1.26 bits per heavy atom. The molecule has 0 spiro atoms. The second kappa shape index (κ2) is 7.02. The van der Waals surface area contributed by atoms with Crippen molar-refractivity contribution in [3.05, 3.63) is 59.2 Å². The molecule has 0 radical (unpaired) electrons. The molecule has 0 aliphatic carbocycles. The number of hydrogen-bond acceptors (Lipinski definition) is 4. The fraction of sp³-hybridized carbons (Fsp3) is 0.381. The van der Waals surface area contributed by atoms with Crippen molar-refractivity contribution in [3.63, 3.8) is 0 Å². The minimum absolute atomic E-state index is 0.00471. The molecule has 6 nitrogen and oxygen atoms in total. The monoisotopic (exact) mass is 364 g/mol. The van der Waals surface area contributed by atoms with E-state index in [0.717, 1.165) is 29.1 Å². The predicted molar refractivity (Wildman–Crippen MR) is 102 cm³/mol. The molecule has 0 N–H and O–H groups in total. The highest BCUT2D eigenvalue weighted by Crippen LogP contribution is 2.26. The minimum atomic E-state index is -0.00471. The van der Waals surface area contributed by atoms with Crippen LogP contribution in [0.4, 0.5) is 0 Å². The summed E-state index contributed by atoms with van der Waals surface area (Å²) in [7, 11) is 1.83. The van der Waals surface area contributed by atoms with Gasteiger partial charge in [-0.25, -0.2) is 4.98 Å². The van der Waals surface area contributed by atoms with Crippen LogP contribution in [0.25, 0.3) is 11.5 Å². The third-order valence-electron chi connectivity index (χ3n) is 4.80. The largest absolute Gasteiger partial charge is 0.441 e. The zero-order valence-electron chi connectivity index (χ0n) is 16.0. The molecule has 0 unspecified atom stereocenters. The first kappa shape index (κ1) is 17.5. The van der Waals surface area contributed by atoms with Crippen molar-refractivity contribution in [2.75, 3.05) is 6.54 Å². The first-order valence-electron chi connectivity index (χ1n) is 9.37. The van der Waals surface area contributed by atoms with Crippen molar-refractivity contribution in [1.82, 2.24) is 19.7 Å². The summed E-state index contributed by atoms with van der Waals surface area (Å²) in [6.45, 7) is 5.39. The highest BCUT2D eigenvalue weighted by atomic mass is 16.4. The van der Waals surface area contributed by atoms with Gasteiger partial charge in [-0.05, 0) is 30.5 Å². The fourth-order valence-electron chi connectivity index (χ4n) is 3.48. The van der Waals surface area contributed by atoms with E-state index in [0.29, 0.717) is 37.0 Å². The van der Waals surface area contributed by atoms with Crippen molar-refractivity contribution in [3.8, 4) is 11.5 Å². The summed E-state index contributed by atoms with van der Waals surface area (Å²) >= 11 is 0. The van der Waals surface area contributed by atoms with Crippen LogP contribution in [0.15, 0.2) is 40.8 Å². The van der Waals surface area contributed by atoms with E-state index < -0.39 is 0 Å². The lowest BCUT2D eigenvalue weighted by molar-refractivity contribution is 0.0716. The lowest BCUT2D eigenvalue weighted by Crippen LogP contribution is -2.36. The van der Waals surface area contributed by atoms with Crippen molar-refractivity contribution >= 4 is 5.91 Å². The fourth-order valence-corrected chi connectivity index (χ4v) is 3.48. The summed E-state index contributed by atoms with van der Waals surface area (Å²) in [6.07, 6.45) is 1.55. The molecule has 0 saturated heterocycles. The number of rotatable bonds is 4. The molecule has 1 amide bonds. The normalized spacial score (nSPS) is 13.9. The number of carbonyl (C=O) groups is 1. The second-order valence-corrected chi connectivity index (χ2v) is 7.47. The SMILES string of the molecule is CC(C)Cc1cc(C(=O)N2CCc3oc(-c4ccccc4)nc3C2)n(C)n1. The van der Waals surface area contributed by atoms with Gasteiger partial charge in [0.2, 0.25) is 5.89 Å². The minimum Gasteiger partial charge on any atom is -0.441 e. The van der Waals surface area contributed by atoms with E-state index in [-0.39, 0.29) is 5.91 Å². The Hall–Kier alpha value is -2.89. The van der Waals surface area contributed by atoms with Crippen LogP contribution in [0.5, 0.6) is 0 Å². The lowest BCUT2D eigenvalue weighted by atomic mass is 10.1. The maximum atomic E-state index is 13.0. The number of amides is 1. The van der Waals surface area contributed by atoms with Crippen LogP contribution in [-0.4, -0.2) is 32.1 Å². The Labute approximate surface area is 158 Å². The molecule has 0 fully saturated rings. The molecular formula is C21H24N4O2. The Bertz CT molecular complexity index is 956. The summed E-state index contributed by atoms with van der Waals surface area (Å²) in [4.78, 5) is 19.5. The molecule has 4 rings (SSSR count). The zero-order chi connectivity index (χ0) is 19.0. The van der Waals surface area contributed by atoms with Gasteiger partial charge in [-0.15, -0.1) is 0 Å². The summed E-state index contributed by atoms with van der Waals surface area (Å²) < 4.78 is 7.62. The van der Waals surface area contributed by atoms with Gasteiger partial charge in [0.15, 0.2) is 0 Å². The maximum absolute atomic E-state index is 13.0. The van der Waals surface area contributed by atoms with Crippen LogP contribution in [-0.2, 0) is 26.4 Å². The molecule has 27 heavy (non-hydrogen) atoms. The van der Waals surface area contributed by atoms with E-state index in [1.165, 1.54) is 0 Å². The van der Waals surface area contributed by atoms with Gasteiger partial charge < -0.3 is 9.32 Å². The van der Waals surface area contributed by atoms with Gasteiger partial charge in [0.1, 0.15) is 17.1 Å². The summed E-state index contributed by atoms with van der Waals surface area (Å²) in [5.41, 5.74) is 3.38. The molecule has 1 aliphatic heterocycles. The van der Waals surface area contributed by atoms with E-state index in [1.54, 1.807) is 4.68 Å². The van der Waals surface area contributed by atoms with Crippen molar-refractivity contribution < 1.29 is 9.21 Å². The number of hydrogen-bond donors (Lipinski definition) is 0. The molecule has 6 heteroatoms. The number of oxazole rings is 1. The molecular weight excluding hydrogens is 340 g/mol. The second-order valence-electron chi connectivity index (χ2n) is 7.47. The Morgan fingerprint density at radius 3 is 2.78 bits per heavy atom. The molecule has 1 aliphatic rings. The van der Waals surface area contributed by atoms with Gasteiger partial charge >= 0.3 is 0 Å². The smallest absolute Gasteiger partial charge is 0.272 e. The highest BCUT2D eigenvalue weighted by molar-refractivity contribution is 5.92. The summed E-state index contributed by atoms with van der Waals surface area (Å²) in [6, 6.07) is 11.8. The quantitative estimate of drug-likeness (QED) is 0.711. The summed E-state index contributed by atoms with van der Waals surface area (Å²) in [5, 5.41) is 4.49. The summed E-state index contributed by atoms with van der Waals surface area (Å²) in [5.74, 6) is 2.00. The molecule has 3 heterocycles. The van der Waals surface area contributed by atoms with Gasteiger partial charge in [-0.2, -0.15) is 5.10 Å². The highest BCUT2D eigenvalue weighted by Gasteiger charge is 2.28. The maximum Gasteiger partial charge on any atom is 0.272 e. The Balaban J connectivity index is 1.53. The van der Waals surface area contributed by atoms with Crippen LogP contribution in [0, 0.1) is 5.92 Å². The van der Waals surface area contributed by atoms with Gasteiger partial charge in [0, 0.05) is 25.6 Å². The van der Waals surface area contributed by atoms with Crippen LogP contribution in [0.1, 0.15) is 41.5 Å². The standard InChI is InChI=1S/C21H24N4O2/c1-14(2)11-16-12-18(24(3)23-16)21(26)25-10-9-19-17(13-25)22-20(27-19)15-7-5-4-6-8-15/h4-8,12,14H,9-11,13H2,1-3H3. The van der Waals surface area contributed by atoms with Crippen molar-refractivity contribution in [1.29, 1.82) is 0 Å². The van der Waals surface area contributed by atoms with Crippen LogP contribution >= 0.6 is 0 Å². The number of fused-ring (bicyclic) bond motifs is 1. The topological polar surface area (TPSA) is 64.2 Å². The van der Waals surface area contributed by atoms with E-state index >= 15 is 0 Å². The van der Waals surface area contributed by atoms with Gasteiger partial charge in [0.25, 0.3) is 5.91 Å². The van der Waals surface area contributed by atoms with Crippen molar-refractivity contribution in [2.24, 2.45) is 13.0 Å². The van der Waals surface area contributed by atoms with Crippen LogP contribution in [0.2, 0.25) is 0 Å². The third kappa shape index (κ3) is 3.52. The first-order chi connectivity index (χ1) is 13.0. The van der Waals surface area contributed by atoms with E-state index in [9.17, 15) is 4.79 Å². The average molecular weight is 364 g/mol. The molecule has 140 valence electrons. The Morgan fingerprint density at radius 2 is 2.04 bits per heavy atom. The third-order valence-corrected chi connectivity index (χ3v) is 4.80. The Kier molecular flexibility index (Phi) is 4.56. The van der Waals surface area contributed by atoms with Crippen molar-refractivity contribution in [2.45, 2.75) is 33.2 Å². The van der Waals surface area contributed by atoms with E-state index in [2.05, 4.69) is 23.9 Å². The molecule has 0 saturated carbocycles. The molecule has 3 aromatic rings. The first-order valence-corrected chi connectivity index (χ1v) is 9.37. The number of carbonyl (C=O) groups excluding carboxylic acids is 1.